The summed E-state index contributed by atoms with van der Waals surface area (Å²) in [5.41, 5.74) is 0. The smallest absolute Gasteiger partial charge is 0.203 e. The largest absolute Gasteiger partial charge is 0.354 e. The van der Waals surface area contributed by atoms with Crippen molar-refractivity contribution in [2.45, 2.75) is 32.7 Å². The second-order valence-corrected chi connectivity index (χ2v) is 4.03. The predicted molar refractivity (Wildman–Crippen MR) is 57.3 cm³/mol. The van der Waals surface area contributed by atoms with Crippen LogP contribution < -0.4 is 5.32 Å². The van der Waals surface area contributed by atoms with E-state index in [-0.39, 0.29) is 6.04 Å². The number of anilines is 1. The Labute approximate surface area is 83.1 Å². The number of nitrogens with one attached hydrogen (secondary N) is 1. The Hall–Kier alpha value is -0.900. The Bertz CT molecular complexity index is 280. The highest BCUT2D eigenvalue weighted by atomic mass is 32.1. The van der Waals surface area contributed by atoms with Crippen LogP contribution in [0, 0.1) is 0 Å². The van der Waals surface area contributed by atoms with Gasteiger partial charge in [-0.1, -0.05) is 19.9 Å². The highest BCUT2D eigenvalue weighted by Crippen LogP contribution is 2.17. The van der Waals surface area contributed by atoms with Crippen molar-refractivity contribution in [3.63, 3.8) is 0 Å². The fraction of sp³-hybridized carbons (Fsp3) is 0.556. The molecule has 1 unspecified atom stereocenters. The van der Waals surface area contributed by atoms with Gasteiger partial charge in [0, 0.05) is 23.5 Å². The van der Waals surface area contributed by atoms with E-state index in [2.05, 4.69) is 35.1 Å². The summed E-state index contributed by atoms with van der Waals surface area (Å²) in [5, 5.41) is 4.07. The van der Waals surface area contributed by atoms with E-state index in [4.69, 9.17) is 0 Å². The van der Waals surface area contributed by atoms with Gasteiger partial charge in [-0.25, -0.2) is 4.98 Å². The molecule has 0 aromatic carbocycles. The molecule has 1 atom stereocenters. The molecule has 4 heteroatoms. The molecule has 0 saturated heterocycles. The van der Waals surface area contributed by atoms with Crippen molar-refractivity contribution in [1.29, 1.82) is 0 Å². The molecule has 0 amide bonds. The zero-order valence-electron chi connectivity index (χ0n) is 8.24. The van der Waals surface area contributed by atoms with Gasteiger partial charge in [-0.3, -0.25) is 0 Å². The molecule has 1 N–H and O–H groups in total. The molecular formula is C9H15N3S. The lowest BCUT2D eigenvalue weighted by Crippen LogP contribution is -2.10. The Morgan fingerprint density at radius 1 is 1.46 bits per heavy atom. The molecule has 0 aliphatic heterocycles. The second-order valence-electron chi connectivity index (χ2n) is 3.28. The molecule has 1 aromatic heterocycles. The zero-order chi connectivity index (χ0) is 9.84. The Morgan fingerprint density at radius 2 is 2.15 bits per heavy atom. The SMILES string of the molecule is C=CC(C)Nc1nc(C(C)C)ns1. The van der Waals surface area contributed by atoms with Crippen LogP contribution in [-0.2, 0) is 0 Å². The van der Waals surface area contributed by atoms with Crippen molar-refractivity contribution >= 4 is 16.7 Å². The lowest BCUT2D eigenvalue weighted by Gasteiger charge is -2.05. The number of hydrogen-bond acceptors (Lipinski definition) is 4. The van der Waals surface area contributed by atoms with Gasteiger partial charge in [-0.15, -0.1) is 6.58 Å². The quantitative estimate of drug-likeness (QED) is 0.754. The highest BCUT2D eigenvalue weighted by molar-refractivity contribution is 7.09. The molecule has 3 nitrogen and oxygen atoms in total. The van der Waals surface area contributed by atoms with Crippen molar-refractivity contribution in [3.05, 3.63) is 18.5 Å². The summed E-state index contributed by atoms with van der Waals surface area (Å²) >= 11 is 1.40. The molecule has 1 aromatic rings. The molecule has 72 valence electrons. The van der Waals surface area contributed by atoms with Crippen molar-refractivity contribution in [2.75, 3.05) is 5.32 Å². The molecule has 0 saturated carbocycles. The molecule has 0 bridgehead atoms. The Kier molecular flexibility index (Phi) is 3.42. The summed E-state index contributed by atoms with van der Waals surface area (Å²) in [5.74, 6) is 1.30. The lowest BCUT2D eigenvalue weighted by atomic mass is 10.2. The van der Waals surface area contributed by atoms with E-state index < -0.39 is 0 Å². The third-order valence-corrected chi connectivity index (χ3v) is 2.32. The maximum absolute atomic E-state index is 4.35. The van der Waals surface area contributed by atoms with E-state index in [1.165, 1.54) is 11.5 Å². The minimum Gasteiger partial charge on any atom is -0.354 e. The van der Waals surface area contributed by atoms with Gasteiger partial charge in [0.2, 0.25) is 5.13 Å². The fourth-order valence-corrected chi connectivity index (χ4v) is 1.59. The van der Waals surface area contributed by atoms with Crippen LogP contribution in [0.25, 0.3) is 0 Å². The van der Waals surface area contributed by atoms with E-state index >= 15 is 0 Å². The van der Waals surface area contributed by atoms with Gasteiger partial charge in [-0.2, -0.15) is 4.37 Å². The second kappa shape index (κ2) is 4.37. The lowest BCUT2D eigenvalue weighted by molar-refractivity contribution is 0.798. The van der Waals surface area contributed by atoms with Gasteiger partial charge in [0.25, 0.3) is 0 Å². The summed E-state index contributed by atoms with van der Waals surface area (Å²) < 4.78 is 4.24. The minimum absolute atomic E-state index is 0.243. The monoisotopic (exact) mass is 197 g/mol. The van der Waals surface area contributed by atoms with Gasteiger partial charge >= 0.3 is 0 Å². The highest BCUT2D eigenvalue weighted by Gasteiger charge is 2.07. The van der Waals surface area contributed by atoms with E-state index in [9.17, 15) is 0 Å². The topological polar surface area (TPSA) is 37.8 Å². The first-order valence-electron chi connectivity index (χ1n) is 4.36. The third kappa shape index (κ3) is 2.81. The third-order valence-electron chi connectivity index (χ3n) is 1.66. The van der Waals surface area contributed by atoms with E-state index in [1.54, 1.807) is 0 Å². The molecule has 13 heavy (non-hydrogen) atoms. The molecule has 0 aliphatic rings. The molecule has 1 heterocycles. The number of nitrogens with zero attached hydrogens (tertiary/aromatic N) is 2. The van der Waals surface area contributed by atoms with Crippen molar-refractivity contribution in [1.82, 2.24) is 9.36 Å². The Morgan fingerprint density at radius 3 is 2.62 bits per heavy atom. The molecular weight excluding hydrogens is 182 g/mol. The average Bonchev–Trinajstić information content (AvgIpc) is 2.52. The molecule has 0 fully saturated rings. The minimum atomic E-state index is 0.243. The van der Waals surface area contributed by atoms with Crippen LogP contribution in [0.15, 0.2) is 12.7 Å². The van der Waals surface area contributed by atoms with Gasteiger partial charge < -0.3 is 5.32 Å². The molecule has 1 rings (SSSR count). The maximum Gasteiger partial charge on any atom is 0.203 e. The summed E-state index contributed by atoms with van der Waals surface area (Å²) in [6.45, 7) is 9.90. The average molecular weight is 197 g/mol. The normalized spacial score (nSPS) is 12.9. The van der Waals surface area contributed by atoms with Crippen LogP contribution in [0.2, 0.25) is 0 Å². The number of rotatable bonds is 4. The summed E-state index contributed by atoms with van der Waals surface area (Å²) in [6, 6.07) is 0.243. The van der Waals surface area contributed by atoms with Gasteiger partial charge in [0.1, 0.15) is 5.82 Å². The van der Waals surface area contributed by atoms with Crippen LogP contribution in [-0.4, -0.2) is 15.4 Å². The van der Waals surface area contributed by atoms with Gasteiger partial charge in [0.05, 0.1) is 0 Å². The predicted octanol–water partition coefficient (Wildman–Crippen LogP) is 2.65. The van der Waals surface area contributed by atoms with Crippen molar-refractivity contribution in [3.8, 4) is 0 Å². The van der Waals surface area contributed by atoms with Crippen LogP contribution in [0.5, 0.6) is 0 Å². The van der Waals surface area contributed by atoms with E-state index in [0.717, 1.165) is 11.0 Å². The summed E-state index contributed by atoms with van der Waals surface area (Å²) in [4.78, 5) is 4.35. The fourth-order valence-electron chi connectivity index (χ4n) is 0.782. The van der Waals surface area contributed by atoms with Crippen LogP contribution in [0.4, 0.5) is 5.13 Å². The van der Waals surface area contributed by atoms with Crippen LogP contribution in [0.3, 0.4) is 0 Å². The van der Waals surface area contributed by atoms with E-state index in [0.29, 0.717) is 5.92 Å². The van der Waals surface area contributed by atoms with Crippen molar-refractivity contribution in [2.24, 2.45) is 0 Å². The van der Waals surface area contributed by atoms with Gasteiger partial charge in [-0.05, 0) is 6.92 Å². The molecule has 0 spiro atoms. The van der Waals surface area contributed by atoms with E-state index in [1.807, 2.05) is 13.0 Å². The standard InChI is InChI=1S/C9H15N3S/c1-5-7(4)10-9-11-8(6(2)3)12-13-9/h5-7H,1H2,2-4H3,(H,10,11,12). The maximum atomic E-state index is 4.35. The van der Waals surface area contributed by atoms with Crippen LogP contribution in [0.1, 0.15) is 32.5 Å². The first-order chi connectivity index (χ1) is 6.13. The zero-order valence-corrected chi connectivity index (χ0v) is 9.06. The first kappa shape index (κ1) is 10.2. The number of aromatic nitrogens is 2. The van der Waals surface area contributed by atoms with Gasteiger partial charge in [0.15, 0.2) is 0 Å². The van der Waals surface area contributed by atoms with Crippen molar-refractivity contribution < 1.29 is 0 Å². The molecule has 0 radical (unpaired) electrons. The number of hydrogen-bond donors (Lipinski definition) is 1. The van der Waals surface area contributed by atoms with Crippen LogP contribution >= 0.6 is 11.5 Å². The summed E-state index contributed by atoms with van der Waals surface area (Å²) in [6.07, 6.45) is 1.84. The summed E-state index contributed by atoms with van der Waals surface area (Å²) in [7, 11) is 0. The molecule has 0 aliphatic carbocycles. The Balaban J connectivity index is 2.63. The first-order valence-corrected chi connectivity index (χ1v) is 5.13.